The lowest BCUT2D eigenvalue weighted by Crippen LogP contribution is -2.35. The first-order valence-electron chi connectivity index (χ1n) is 8.05. The van der Waals surface area contributed by atoms with Crippen LogP contribution in [-0.4, -0.2) is 23.2 Å². The van der Waals surface area contributed by atoms with E-state index in [1.165, 1.54) is 0 Å². The first kappa shape index (κ1) is 17.5. The van der Waals surface area contributed by atoms with Crippen molar-refractivity contribution in [2.24, 2.45) is 0 Å². The fourth-order valence-electron chi connectivity index (χ4n) is 2.65. The average molecular weight is 405 g/mol. The molecule has 6 nitrogen and oxygen atoms in total. The van der Waals surface area contributed by atoms with Gasteiger partial charge in [-0.2, -0.15) is 0 Å². The number of anilines is 4. The van der Waals surface area contributed by atoms with Crippen LogP contribution in [0.15, 0.2) is 34.9 Å². The van der Waals surface area contributed by atoms with Gasteiger partial charge in [-0.05, 0) is 73.0 Å². The number of benzene rings is 1. The molecular formula is C18H21BrN4O2. The molecule has 0 unspecified atom stereocenters. The molecule has 1 amide bonds. The number of fused-ring (bicyclic) bond motifs is 1. The Morgan fingerprint density at radius 2 is 2.08 bits per heavy atom. The summed E-state index contributed by atoms with van der Waals surface area (Å²) in [5, 5.41) is 3.21. The fraction of sp³-hybridized carbons (Fsp3) is 0.333. The fourth-order valence-corrected chi connectivity index (χ4v) is 2.96. The molecule has 0 radical (unpaired) electrons. The second kappa shape index (κ2) is 6.55. The van der Waals surface area contributed by atoms with Crippen LogP contribution in [0.4, 0.5) is 27.7 Å². The monoisotopic (exact) mass is 404 g/mol. The van der Waals surface area contributed by atoms with Crippen LogP contribution in [0, 0.1) is 0 Å². The Hall–Kier alpha value is -2.28. The van der Waals surface area contributed by atoms with Gasteiger partial charge in [-0.25, -0.2) is 9.78 Å². The molecule has 2 aromatic rings. The number of halogens is 1. The average Bonchev–Trinajstić information content (AvgIpc) is 2.92. The number of rotatable bonds is 2. The van der Waals surface area contributed by atoms with Crippen LogP contribution in [0.25, 0.3) is 0 Å². The van der Waals surface area contributed by atoms with Gasteiger partial charge in [0.2, 0.25) is 0 Å². The van der Waals surface area contributed by atoms with Crippen LogP contribution in [0.3, 0.4) is 0 Å². The minimum atomic E-state index is -0.523. The maximum absolute atomic E-state index is 12.4. The molecule has 1 aromatic carbocycles. The van der Waals surface area contributed by atoms with Gasteiger partial charge in [0.15, 0.2) is 5.82 Å². The zero-order valence-corrected chi connectivity index (χ0v) is 16.1. The molecule has 0 aliphatic carbocycles. The molecule has 0 spiro atoms. The molecular weight excluding hydrogens is 384 g/mol. The quantitative estimate of drug-likeness (QED) is 0.721. The van der Waals surface area contributed by atoms with Crippen molar-refractivity contribution in [1.82, 2.24) is 4.98 Å². The van der Waals surface area contributed by atoms with Crippen molar-refractivity contribution in [3.05, 3.63) is 40.5 Å². The standard InChI is InChI=1S/C18H21BrN4O2/c1-18(2,3)25-17(24)23-9-8-11-4-5-12(10-14(11)23)21-16-13(20)6-7-15(19)22-16/h4-7,10H,8-9,20H2,1-3H3,(H,21,22). The van der Waals surface area contributed by atoms with Gasteiger partial charge in [-0.15, -0.1) is 0 Å². The Kier molecular flexibility index (Phi) is 4.60. The highest BCUT2D eigenvalue weighted by Gasteiger charge is 2.29. The predicted molar refractivity (Wildman–Crippen MR) is 103 cm³/mol. The summed E-state index contributed by atoms with van der Waals surface area (Å²) in [5.74, 6) is 0.566. The predicted octanol–water partition coefficient (Wildman–Crippen LogP) is 4.47. The lowest BCUT2D eigenvalue weighted by atomic mass is 10.1. The zero-order valence-electron chi connectivity index (χ0n) is 14.5. The Labute approximate surface area is 155 Å². The van der Waals surface area contributed by atoms with Gasteiger partial charge in [0, 0.05) is 12.2 Å². The van der Waals surface area contributed by atoms with E-state index in [-0.39, 0.29) is 6.09 Å². The van der Waals surface area contributed by atoms with E-state index in [1.807, 2.05) is 39.0 Å². The van der Waals surface area contributed by atoms with E-state index < -0.39 is 5.60 Å². The molecule has 7 heteroatoms. The van der Waals surface area contributed by atoms with Gasteiger partial charge in [-0.1, -0.05) is 6.07 Å². The highest BCUT2D eigenvalue weighted by Crippen LogP contribution is 2.33. The maximum Gasteiger partial charge on any atom is 0.414 e. The molecule has 1 aromatic heterocycles. The number of carbonyl (C=O) groups is 1. The van der Waals surface area contributed by atoms with Crippen LogP contribution in [0.1, 0.15) is 26.3 Å². The number of aromatic nitrogens is 1. The third-order valence-electron chi connectivity index (χ3n) is 3.75. The molecule has 0 atom stereocenters. The van der Waals surface area contributed by atoms with Crippen molar-refractivity contribution in [3.8, 4) is 0 Å². The van der Waals surface area contributed by atoms with Crippen LogP contribution in [0.2, 0.25) is 0 Å². The summed E-state index contributed by atoms with van der Waals surface area (Å²) in [4.78, 5) is 18.4. The third-order valence-corrected chi connectivity index (χ3v) is 4.19. The normalized spacial score (nSPS) is 13.5. The minimum absolute atomic E-state index is 0.330. The molecule has 0 saturated carbocycles. The number of hydrogen-bond acceptors (Lipinski definition) is 5. The first-order valence-corrected chi connectivity index (χ1v) is 8.85. The van der Waals surface area contributed by atoms with Gasteiger partial charge in [-0.3, -0.25) is 4.90 Å². The van der Waals surface area contributed by atoms with E-state index in [4.69, 9.17) is 10.5 Å². The maximum atomic E-state index is 12.4. The van der Waals surface area contributed by atoms with Crippen LogP contribution in [-0.2, 0) is 11.2 Å². The molecule has 25 heavy (non-hydrogen) atoms. The summed E-state index contributed by atoms with van der Waals surface area (Å²) in [6.07, 6.45) is 0.482. The Morgan fingerprint density at radius 3 is 2.80 bits per heavy atom. The lowest BCUT2D eigenvalue weighted by molar-refractivity contribution is 0.0584. The topological polar surface area (TPSA) is 80.5 Å². The second-order valence-corrected chi connectivity index (χ2v) is 7.73. The molecule has 3 N–H and O–H groups in total. The Morgan fingerprint density at radius 1 is 1.32 bits per heavy atom. The summed E-state index contributed by atoms with van der Waals surface area (Å²) in [6.45, 7) is 6.20. The number of hydrogen-bond donors (Lipinski definition) is 2. The zero-order chi connectivity index (χ0) is 18.2. The highest BCUT2D eigenvalue weighted by atomic mass is 79.9. The Balaban J connectivity index is 1.85. The molecule has 132 valence electrons. The van der Waals surface area contributed by atoms with Crippen molar-refractivity contribution in [1.29, 1.82) is 0 Å². The summed E-state index contributed by atoms with van der Waals surface area (Å²) < 4.78 is 6.19. The number of nitrogens with zero attached hydrogens (tertiary/aromatic N) is 2. The van der Waals surface area contributed by atoms with E-state index >= 15 is 0 Å². The largest absolute Gasteiger partial charge is 0.443 e. The lowest BCUT2D eigenvalue weighted by Gasteiger charge is -2.25. The number of nitrogen functional groups attached to an aromatic ring is 1. The summed E-state index contributed by atoms with van der Waals surface area (Å²) in [5.41, 5.74) is 8.77. The highest BCUT2D eigenvalue weighted by molar-refractivity contribution is 9.10. The van der Waals surface area contributed by atoms with E-state index in [0.717, 1.165) is 23.4 Å². The minimum Gasteiger partial charge on any atom is -0.443 e. The number of ether oxygens (including phenoxy) is 1. The molecule has 1 aliphatic heterocycles. The third kappa shape index (κ3) is 4.04. The van der Waals surface area contributed by atoms with Gasteiger partial charge >= 0.3 is 6.09 Å². The van der Waals surface area contributed by atoms with Crippen molar-refractivity contribution in [3.63, 3.8) is 0 Å². The molecule has 3 rings (SSSR count). The van der Waals surface area contributed by atoms with E-state index in [0.29, 0.717) is 22.7 Å². The van der Waals surface area contributed by atoms with E-state index in [2.05, 4.69) is 26.2 Å². The van der Waals surface area contributed by atoms with Gasteiger partial charge in [0.1, 0.15) is 10.2 Å². The number of carbonyl (C=O) groups excluding carboxylic acids is 1. The molecule has 0 saturated heterocycles. The van der Waals surface area contributed by atoms with Crippen molar-refractivity contribution in [2.75, 3.05) is 22.5 Å². The van der Waals surface area contributed by atoms with Crippen molar-refractivity contribution in [2.45, 2.75) is 32.8 Å². The van der Waals surface area contributed by atoms with Crippen molar-refractivity contribution >= 4 is 44.9 Å². The number of amides is 1. The smallest absolute Gasteiger partial charge is 0.414 e. The molecule has 1 aliphatic rings. The summed E-state index contributed by atoms with van der Waals surface area (Å²) in [7, 11) is 0. The number of pyridine rings is 1. The van der Waals surface area contributed by atoms with Gasteiger partial charge in [0.05, 0.1) is 11.4 Å². The summed E-state index contributed by atoms with van der Waals surface area (Å²) >= 11 is 3.34. The molecule has 0 fully saturated rings. The van der Waals surface area contributed by atoms with Crippen LogP contribution < -0.4 is 16.0 Å². The van der Waals surface area contributed by atoms with Crippen LogP contribution in [0.5, 0.6) is 0 Å². The molecule has 2 heterocycles. The first-order chi connectivity index (χ1) is 11.7. The molecule has 0 bridgehead atoms. The van der Waals surface area contributed by atoms with Gasteiger partial charge in [0.25, 0.3) is 0 Å². The second-order valence-electron chi connectivity index (χ2n) is 6.92. The van der Waals surface area contributed by atoms with Crippen molar-refractivity contribution < 1.29 is 9.53 Å². The Bertz CT molecular complexity index is 817. The van der Waals surface area contributed by atoms with Crippen LogP contribution >= 0.6 is 15.9 Å². The number of nitrogens with two attached hydrogens (primary N) is 1. The van der Waals surface area contributed by atoms with Gasteiger partial charge < -0.3 is 15.8 Å². The summed E-state index contributed by atoms with van der Waals surface area (Å²) in [6, 6.07) is 9.46. The van der Waals surface area contributed by atoms with E-state index in [9.17, 15) is 4.79 Å². The van der Waals surface area contributed by atoms with E-state index in [1.54, 1.807) is 17.0 Å². The SMILES string of the molecule is CC(C)(C)OC(=O)N1CCc2ccc(Nc3nc(Br)ccc3N)cc21. The number of nitrogens with one attached hydrogen (secondary N) is 1.